The highest BCUT2D eigenvalue weighted by atomic mass is 79.9. The van der Waals surface area contributed by atoms with Crippen molar-refractivity contribution < 1.29 is 4.79 Å². The van der Waals surface area contributed by atoms with Crippen LogP contribution in [0, 0.1) is 0 Å². The first-order valence-corrected chi connectivity index (χ1v) is 7.18. The van der Waals surface area contributed by atoms with Gasteiger partial charge < -0.3 is 4.79 Å². The van der Waals surface area contributed by atoms with Gasteiger partial charge in [-0.2, -0.15) is 5.10 Å². The van der Waals surface area contributed by atoms with Gasteiger partial charge >= 0.3 is 0 Å². The minimum Gasteiger partial charge on any atom is -0.301 e. The number of rotatable bonds is 3. The van der Waals surface area contributed by atoms with Gasteiger partial charge in [-0.3, -0.25) is 5.43 Å². The number of benzene rings is 2. The first-order chi connectivity index (χ1) is 9.78. The van der Waals surface area contributed by atoms with E-state index in [1.807, 2.05) is 36.4 Å². The molecule has 0 radical (unpaired) electrons. The number of fused-ring (bicyclic) bond motifs is 1. The fourth-order valence-corrected chi connectivity index (χ4v) is 2.72. The number of hydrogen-bond donors (Lipinski definition) is 1. The Bertz CT molecular complexity index is 667. The molecule has 0 bridgehead atoms. The number of halogens is 1. The van der Waals surface area contributed by atoms with Gasteiger partial charge in [0.15, 0.2) is 0 Å². The fourth-order valence-electron chi connectivity index (χ4n) is 2.35. The Morgan fingerprint density at radius 2 is 2.00 bits per heavy atom. The SMILES string of the molecule is O=CC1NN=C(Cc2ccccc2)c2cc(Br)ccc21. The van der Waals surface area contributed by atoms with E-state index in [1.165, 1.54) is 5.56 Å². The van der Waals surface area contributed by atoms with Crippen molar-refractivity contribution in [1.29, 1.82) is 0 Å². The molecule has 3 nitrogen and oxygen atoms in total. The van der Waals surface area contributed by atoms with Crippen LogP contribution >= 0.6 is 15.9 Å². The molecule has 4 heteroatoms. The number of hydrazone groups is 1. The van der Waals surface area contributed by atoms with Crippen molar-refractivity contribution in [3.05, 3.63) is 69.7 Å². The maximum Gasteiger partial charge on any atom is 0.148 e. The van der Waals surface area contributed by atoms with Gasteiger partial charge in [0.25, 0.3) is 0 Å². The number of carbonyl (C=O) groups is 1. The lowest BCUT2D eigenvalue weighted by atomic mass is 9.93. The number of carbonyl (C=O) groups excluding carboxylic acids is 1. The Labute approximate surface area is 125 Å². The van der Waals surface area contributed by atoms with Crippen LogP contribution in [0.1, 0.15) is 22.7 Å². The number of hydrogen-bond acceptors (Lipinski definition) is 3. The van der Waals surface area contributed by atoms with Crippen LogP contribution in [0.4, 0.5) is 0 Å². The number of aldehydes is 1. The molecule has 0 spiro atoms. The largest absolute Gasteiger partial charge is 0.301 e. The molecule has 1 aliphatic rings. The second-order valence-corrected chi connectivity index (χ2v) is 5.61. The van der Waals surface area contributed by atoms with Gasteiger partial charge in [0.05, 0.1) is 5.71 Å². The number of nitrogens with one attached hydrogen (secondary N) is 1. The normalized spacial score (nSPS) is 16.9. The van der Waals surface area contributed by atoms with E-state index in [4.69, 9.17) is 0 Å². The van der Waals surface area contributed by atoms with E-state index in [0.717, 1.165) is 34.0 Å². The Morgan fingerprint density at radius 3 is 2.75 bits per heavy atom. The van der Waals surface area contributed by atoms with Gasteiger partial charge in [0.2, 0.25) is 0 Å². The zero-order chi connectivity index (χ0) is 13.9. The van der Waals surface area contributed by atoms with Crippen molar-refractivity contribution in [2.45, 2.75) is 12.5 Å². The van der Waals surface area contributed by atoms with Crippen LogP contribution in [-0.4, -0.2) is 12.0 Å². The molecular weight excluding hydrogens is 316 g/mol. The summed E-state index contributed by atoms with van der Waals surface area (Å²) in [5.74, 6) is 0. The molecule has 3 rings (SSSR count). The summed E-state index contributed by atoms with van der Waals surface area (Å²) in [6.45, 7) is 0. The molecule has 1 N–H and O–H groups in total. The van der Waals surface area contributed by atoms with Gasteiger partial charge in [-0.25, -0.2) is 0 Å². The average molecular weight is 329 g/mol. The Kier molecular flexibility index (Phi) is 3.65. The van der Waals surface area contributed by atoms with E-state index >= 15 is 0 Å². The summed E-state index contributed by atoms with van der Waals surface area (Å²) in [6, 6.07) is 15.7. The maximum absolute atomic E-state index is 11.1. The van der Waals surface area contributed by atoms with Crippen LogP contribution in [0.5, 0.6) is 0 Å². The summed E-state index contributed by atoms with van der Waals surface area (Å²) in [5.41, 5.74) is 7.07. The molecule has 2 aromatic rings. The van der Waals surface area contributed by atoms with Crippen LogP contribution in [0.15, 0.2) is 58.1 Å². The van der Waals surface area contributed by atoms with E-state index in [0.29, 0.717) is 0 Å². The van der Waals surface area contributed by atoms with Gasteiger partial charge in [0, 0.05) is 16.5 Å². The zero-order valence-corrected chi connectivity index (χ0v) is 12.3. The van der Waals surface area contributed by atoms with E-state index in [1.54, 1.807) is 0 Å². The fraction of sp³-hybridized carbons (Fsp3) is 0.125. The highest BCUT2D eigenvalue weighted by molar-refractivity contribution is 9.10. The quantitative estimate of drug-likeness (QED) is 0.879. The van der Waals surface area contributed by atoms with E-state index < -0.39 is 0 Å². The topological polar surface area (TPSA) is 41.5 Å². The molecule has 20 heavy (non-hydrogen) atoms. The van der Waals surface area contributed by atoms with Gasteiger partial charge in [-0.05, 0) is 23.3 Å². The molecular formula is C16H13BrN2O. The monoisotopic (exact) mass is 328 g/mol. The molecule has 1 unspecified atom stereocenters. The highest BCUT2D eigenvalue weighted by Gasteiger charge is 2.22. The van der Waals surface area contributed by atoms with Crippen LogP contribution in [0.2, 0.25) is 0 Å². The first-order valence-electron chi connectivity index (χ1n) is 6.39. The van der Waals surface area contributed by atoms with E-state index in [2.05, 4.69) is 38.6 Å². The van der Waals surface area contributed by atoms with Crippen LogP contribution in [0.25, 0.3) is 0 Å². The van der Waals surface area contributed by atoms with Gasteiger partial charge in [0.1, 0.15) is 12.3 Å². The second kappa shape index (κ2) is 5.59. The Balaban J connectivity index is 1.99. The summed E-state index contributed by atoms with van der Waals surface area (Å²) < 4.78 is 0.989. The lowest BCUT2D eigenvalue weighted by Gasteiger charge is -2.22. The third kappa shape index (κ3) is 2.51. The summed E-state index contributed by atoms with van der Waals surface area (Å²) in [6.07, 6.45) is 1.62. The van der Waals surface area contributed by atoms with Crippen molar-refractivity contribution in [3.63, 3.8) is 0 Å². The van der Waals surface area contributed by atoms with Gasteiger partial charge in [-0.15, -0.1) is 0 Å². The Morgan fingerprint density at radius 1 is 1.20 bits per heavy atom. The minimum atomic E-state index is -0.363. The molecule has 0 saturated heterocycles. The zero-order valence-electron chi connectivity index (χ0n) is 10.7. The summed E-state index contributed by atoms with van der Waals surface area (Å²) in [7, 11) is 0. The van der Waals surface area contributed by atoms with Crippen molar-refractivity contribution >= 4 is 27.9 Å². The van der Waals surface area contributed by atoms with Crippen LogP contribution < -0.4 is 5.43 Å². The van der Waals surface area contributed by atoms with Gasteiger partial charge in [-0.1, -0.05) is 52.3 Å². The Hall–Kier alpha value is -1.94. The highest BCUT2D eigenvalue weighted by Crippen LogP contribution is 2.26. The van der Waals surface area contributed by atoms with Crippen molar-refractivity contribution in [2.75, 3.05) is 0 Å². The maximum atomic E-state index is 11.1. The standard InChI is InChI=1S/C16H13BrN2O/c17-12-6-7-13-14(9-12)15(18-19-16(13)10-20)8-11-4-2-1-3-5-11/h1-7,9-10,16,19H,8H2. The minimum absolute atomic E-state index is 0.363. The third-order valence-corrected chi connectivity index (χ3v) is 3.84. The molecule has 0 aromatic heterocycles. The van der Waals surface area contributed by atoms with Crippen LogP contribution in [0.3, 0.4) is 0 Å². The summed E-state index contributed by atoms with van der Waals surface area (Å²) >= 11 is 3.48. The third-order valence-electron chi connectivity index (χ3n) is 3.35. The number of nitrogens with zero attached hydrogens (tertiary/aromatic N) is 1. The molecule has 1 atom stereocenters. The van der Waals surface area contributed by atoms with Crippen LogP contribution in [-0.2, 0) is 11.2 Å². The summed E-state index contributed by atoms with van der Waals surface area (Å²) in [5, 5.41) is 4.37. The van der Waals surface area contributed by atoms with Crippen molar-refractivity contribution in [3.8, 4) is 0 Å². The molecule has 0 aliphatic carbocycles. The second-order valence-electron chi connectivity index (χ2n) is 4.70. The predicted molar refractivity (Wildman–Crippen MR) is 82.8 cm³/mol. The molecule has 2 aromatic carbocycles. The molecule has 0 fully saturated rings. The van der Waals surface area contributed by atoms with Crippen molar-refractivity contribution in [1.82, 2.24) is 5.43 Å². The lowest BCUT2D eigenvalue weighted by Crippen LogP contribution is -2.28. The molecule has 100 valence electrons. The molecule has 0 amide bonds. The molecule has 1 heterocycles. The predicted octanol–water partition coefficient (Wildman–Crippen LogP) is 3.24. The smallest absolute Gasteiger partial charge is 0.148 e. The average Bonchev–Trinajstić information content (AvgIpc) is 2.49. The lowest BCUT2D eigenvalue weighted by molar-refractivity contribution is -0.109. The summed E-state index contributed by atoms with van der Waals surface area (Å²) in [4.78, 5) is 11.1. The first kappa shape index (κ1) is 13.1. The molecule has 1 aliphatic heterocycles. The molecule has 0 saturated carbocycles. The van der Waals surface area contributed by atoms with Crippen molar-refractivity contribution in [2.24, 2.45) is 5.10 Å². The van der Waals surface area contributed by atoms with E-state index in [9.17, 15) is 4.79 Å². The van der Waals surface area contributed by atoms with E-state index in [-0.39, 0.29) is 6.04 Å².